The van der Waals surface area contributed by atoms with Crippen molar-refractivity contribution in [3.05, 3.63) is 88.7 Å². The summed E-state index contributed by atoms with van der Waals surface area (Å²) >= 11 is 3.83. The van der Waals surface area contributed by atoms with E-state index >= 15 is 0 Å². The van der Waals surface area contributed by atoms with Gasteiger partial charge in [0.2, 0.25) is 0 Å². The second kappa shape index (κ2) is 10.2. The number of fused-ring (bicyclic) bond motifs is 1. The highest BCUT2D eigenvalue weighted by atomic mass is 32.2. The molecule has 0 saturated carbocycles. The summed E-state index contributed by atoms with van der Waals surface area (Å²) in [5.41, 5.74) is 7.57. The fourth-order valence-corrected chi connectivity index (χ4v) is 5.94. The molecular formula is C27H31N3S2. The standard InChI is InChI=1S/C27H31N3S2/c1-19-10-12-25(21(3)14-19)31-17-30(18-32-26-13-11-20(2)15-22(26)4)16-27-28-23-8-6-7-9-24(23)29(27)5/h6-15H,16-18H2,1-5H3. The van der Waals surface area contributed by atoms with Gasteiger partial charge in [-0.2, -0.15) is 0 Å². The van der Waals surface area contributed by atoms with Crippen LogP contribution < -0.4 is 0 Å². The topological polar surface area (TPSA) is 21.1 Å². The highest BCUT2D eigenvalue weighted by Gasteiger charge is 2.14. The molecule has 32 heavy (non-hydrogen) atoms. The van der Waals surface area contributed by atoms with Gasteiger partial charge in [-0.1, -0.05) is 47.5 Å². The van der Waals surface area contributed by atoms with E-state index in [0.717, 1.165) is 29.6 Å². The fourth-order valence-electron chi connectivity index (χ4n) is 3.91. The van der Waals surface area contributed by atoms with E-state index in [1.165, 1.54) is 37.6 Å². The molecule has 0 bridgehead atoms. The Morgan fingerprint density at radius 1 is 0.781 bits per heavy atom. The second-order valence-corrected chi connectivity index (χ2v) is 10.5. The molecule has 3 aromatic carbocycles. The van der Waals surface area contributed by atoms with Gasteiger partial charge < -0.3 is 4.57 Å². The van der Waals surface area contributed by atoms with Crippen LogP contribution >= 0.6 is 23.5 Å². The summed E-state index contributed by atoms with van der Waals surface area (Å²) in [7, 11) is 2.12. The molecule has 0 unspecified atom stereocenters. The molecule has 3 nitrogen and oxygen atoms in total. The van der Waals surface area contributed by atoms with Gasteiger partial charge >= 0.3 is 0 Å². The van der Waals surface area contributed by atoms with Gasteiger partial charge in [0.1, 0.15) is 5.82 Å². The van der Waals surface area contributed by atoms with Crippen molar-refractivity contribution >= 4 is 34.6 Å². The SMILES string of the molecule is Cc1ccc(SCN(CSc2ccc(C)cc2C)Cc2nc3ccccc3n2C)c(C)c1. The second-order valence-electron chi connectivity index (χ2n) is 8.49. The molecule has 5 heteroatoms. The Kier molecular flexibility index (Phi) is 7.29. The zero-order valence-electron chi connectivity index (χ0n) is 19.6. The minimum atomic E-state index is 0.820. The number of aryl methyl sites for hydroxylation is 5. The van der Waals surface area contributed by atoms with Crippen molar-refractivity contribution in [2.75, 3.05) is 11.8 Å². The van der Waals surface area contributed by atoms with Crippen LogP contribution in [-0.2, 0) is 13.6 Å². The average Bonchev–Trinajstić information content (AvgIpc) is 3.07. The summed E-state index contributed by atoms with van der Waals surface area (Å²) in [6.07, 6.45) is 0. The quantitative estimate of drug-likeness (QED) is 0.206. The highest BCUT2D eigenvalue weighted by Crippen LogP contribution is 2.29. The molecule has 0 atom stereocenters. The number of imidazole rings is 1. The third kappa shape index (κ3) is 5.40. The molecule has 1 aromatic heterocycles. The van der Waals surface area contributed by atoms with Crippen LogP contribution in [0.5, 0.6) is 0 Å². The van der Waals surface area contributed by atoms with Crippen molar-refractivity contribution in [2.24, 2.45) is 7.05 Å². The van der Waals surface area contributed by atoms with Crippen LogP contribution in [0.4, 0.5) is 0 Å². The molecule has 0 amide bonds. The Hall–Kier alpha value is -2.21. The summed E-state index contributed by atoms with van der Waals surface area (Å²) < 4.78 is 2.23. The predicted octanol–water partition coefficient (Wildman–Crippen LogP) is 7.11. The van der Waals surface area contributed by atoms with Crippen molar-refractivity contribution in [1.82, 2.24) is 14.5 Å². The van der Waals surface area contributed by atoms with Gasteiger partial charge in [-0.25, -0.2) is 4.98 Å². The maximum Gasteiger partial charge on any atom is 0.123 e. The Labute approximate surface area is 200 Å². The number of aromatic nitrogens is 2. The van der Waals surface area contributed by atoms with Gasteiger partial charge in [0.25, 0.3) is 0 Å². The third-order valence-corrected chi connectivity index (χ3v) is 8.24. The summed E-state index contributed by atoms with van der Waals surface area (Å²) in [6.45, 7) is 9.53. The fraction of sp³-hybridized carbons (Fsp3) is 0.296. The van der Waals surface area contributed by atoms with E-state index < -0.39 is 0 Å². The lowest BCUT2D eigenvalue weighted by molar-refractivity contribution is 0.356. The summed E-state index contributed by atoms with van der Waals surface area (Å²) in [5.74, 6) is 2.95. The van der Waals surface area contributed by atoms with Crippen LogP contribution in [0.25, 0.3) is 11.0 Å². The molecule has 0 fully saturated rings. The van der Waals surface area contributed by atoms with Crippen LogP contribution in [0.2, 0.25) is 0 Å². The number of thioether (sulfide) groups is 2. The first-order valence-electron chi connectivity index (χ1n) is 10.9. The molecule has 0 saturated heterocycles. The average molecular weight is 462 g/mol. The summed E-state index contributed by atoms with van der Waals surface area (Å²) in [4.78, 5) is 10.1. The normalized spacial score (nSPS) is 11.6. The highest BCUT2D eigenvalue weighted by molar-refractivity contribution is 8.00. The van der Waals surface area contributed by atoms with E-state index in [4.69, 9.17) is 4.98 Å². The molecule has 166 valence electrons. The summed E-state index contributed by atoms with van der Waals surface area (Å²) in [6, 6.07) is 21.8. The molecule has 4 rings (SSSR count). The lowest BCUT2D eigenvalue weighted by atomic mass is 10.2. The molecule has 0 aliphatic carbocycles. The van der Waals surface area contributed by atoms with Gasteiger partial charge in [0.15, 0.2) is 0 Å². The number of hydrogen-bond acceptors (Lipinski definition) is 4. The maximum absolute atomic E-state index is 4.92. The number of para-hydroxylation sites is 2. The minimum Gasteiger partial charge on any atom is -0.330 e. The van der Waals surface area contributed by atoms with Crippen molar-refractivity contribution < 1.29 is 0 Å². The Morgan fingerprint density at radius 2 is 1.34 bits per heavy atom. The van der Waals surface area contributed by atoms with Gasteiger partial charge in [0.05, 0.1) is 29.3 Å². The molecule has 0 spiro atoms. The smallest absolute Gasteiger partial charge is 0.123 e. The van der Waals surface area contributed by atoms with Crippen LogP contribution in [0, 0.1) is 27.7 Å². The van der Waals surface area contributed by atoms with E-state index in [1.807, 2.05) is 23.5 Å². The lowest BCUT2D eigenvalue weighted by Crippen LogP contribution is -2.24. The minimum absolute atomic E-state index is 0.820. The first-order chi connectivity index (χ1) is 15.4. The molecule has 1 heterocycles. The van der Waals surface area contributed by atoms with Crippen LogP contribution in [-0.4, -0.2) is 26.2 Å². The largest absolute Gasteiger partial charge is 0.330 e. The first-order valence-corrected chi connectivity index (χ1v) is 12.9. The van der Waals surface area contributed by atoms with Gasteiger partial charge in [-0.3, -0.25) is 4.90 Å². The van der Waals surface area contributed by atoms with Gasteiger partial charge in [-0.05, 0) is 63.1 Å². The van der Waals surface area contributed by atoms with Gasteiger partial charge in [0, 0.05) is 16.8 Å². The molecular weight excluding hydrogens is 430 g/mol. The van der Waals surface area contributed by atoms with Crippen molar-refractivity contribution in [1.29, 1.82) is 0 Å². The number of hydrogen-bond donors (Lipinski definition) is 0. The zero-order chi connectivity index (χ0) is 22.7. The first kappa shape index (κ1) is 23.0. The maximum atomic E-state index is 4.92. The lowest BCUT2D eigenvalue weighted by Gasteiger charge is -2.22. The Bertz CT molecular complexity index is 1170. The number of benzene rings is 3. The Morgan fingerprint density at radius 3 is 1.88 bits per heavy atom. The third-order valence-electron chi connectivity index (χ3n) is 5.71. The van der Waals surface area contributed by atoms with E-state index in [9.17, 15) is 0 Å². The molecule has 4 aromatic rings. The van der Waals surface area contributed by atoms with Crippen molar-refractivity contribution in [3.63, 3.8) is 0 Å². The van der Waals surface area contributed by atoms with E-state index in [-0.39, 0.29) is 0 Å². The van der Waals surface area contributed by atoms with Crippen molar-refractivity contribution in [2.45, 2.75) is 44.0 Å². The monoisotopic (exact) mass is 461 g/mol. The Balaban J connectivity index is 1.53. The van der Waals surface area contributed by atoms with E-state index in [0.29, 0.717) is 0 Å². The van der Waals surface area contributed by atoms with Crippen molar-refractivity contribution in [3.8, 4) is 0 Å². The van der Waals surface area contributed by atoms with Gasteiger partial charge in [-0.15, -0.1) is 23.5 Å². The molecule has 0 aliphatic rings. The molecule has 0 aliphatic heterocycles. The van der Waals surface area contributed by atoms with E-state index in [2.05, 4.69) is 105 Å². The predicted molar refractivity (Wildman–Crippen MR) is 140 cm³/mol. The molecule has 0 radical (unpaired) electrons. The van der Waals surface area contributed by atoms with Crippen LogP contribution in [0.15, 0.2) is 70.5 Å². The number of rotatable bonds is 8. The zero-order valence-corrected chi connectivity index (χ0v) is 21.2. The van der Waals surface area contributed by atoms with Crippen LogP contribution in [0.3, 0.4) is 0 Å². The van der Waals surface area contributed by atoms with Crippen LogP contribution in [0.1, 0.15) is 28.1 Å². The molecule has 0 N–H and O–H groups in total. The number of nitrogens with zero attached hydrogens (tertiary/aromatic N) is 3. The van der Waals surface area contributed by atoms with E-state index in [1.54, 1.807) is 0 Å². The summed E-state index contributed by atoms with van der Waals surface area (Å²) in [5, 5.41) is 0.